The van der Waals surface area contributed by atoms with E-state index in [-0.39, 0.29) is 36.4 Å². The molecule has 0 saturated heterocycles. The Hall–Kier alpha value is -2.25. The van der Waals surface area contributed by atoms with Crippen molar-refractivity contribution in [1.82, 2.24) is 10.6 Å². The third-order valence-electron chi connectivity index (χ3n) is 6.78. The number of alkyl carbamates (subject to hydrolysis) is 1. The number of carbonyl (C=O) groups is 2. The predicted molar refractivity (Wildman–Crippen MR) is 98.6 cm³/mol. The van der Waals surface area contributed by atoms with E-state index in [0.717, 1.165) is 37.7 Å². The fourth-order valence-electron chi connectivity index (χ4n) is 5.91. The lowest BCUT2D eigenvalue weighted by Gasteiger charge is -2.60. The van der Waals surface area contributed by atoms with Gasteiger partial charge in [0.1, 0.15) is 6.61 Å². The van der Waals surface area contributed by atoms with E-state index in [1.54, 1.807) is 0 Å². The first kappa shape index (κ1) is 20.0. The van der Waals surface area contributed by atoms with Crippen molar-refractivity contribution in [2.75, 3.05) is 6.54 Å². The van der Waals surface area contributed by atoms with Crippen LogP contribution in [-0.2, 0) is 16.1 Å². The summed E-state index contributed by atoms with van der Waals surface area (Å²) in [6.45, 7) is 0.255. The first-order valence-electron chi connectivity index (χ1n) is 10.1. The number of hydrogen-bond donors (Lipinski definition) is 2. The average molecular weight is 410 g/mol. The number of hydrogen-bond acceptors (Lipinski definition) is 3. The van der Waals surface area contributed by atoms with Crippen LogP contribution in [0.15, 0.2) is 30.3 Å². The largest absolute Gasteiger partial charge is 0.471 e. The molecule has 2 N–H and O–H groups in total. The summed E-state index contributed by atoms with van der Waals surface area (Å²) in [6, 6.07) is 9.41. The van der Waals surface area contributed by atoms with Crippen LogP contribution >= 0.6 is 0 Å². The summed E-state index contributed by atoms with van der Waals surface area (Å²) in [5, 5.41) is 5.11. The molecule has 4 saturated carbocycles. The van der Waals surface area contributed by atoms with E-state index in [1.807, 2.05) is 30.3 Å². The molecule has 5 atom stereocenters. The van der Waals surface area contributed by atoms with E-state index in [4.69, 9.17) is 4.74 Å². The van der Waals surface area contributed by atoms with Gasteiger partial charge in [0.2, 0.25) is 0 Å². The zero-order valence-electron chi connectivity index (χ0n) is 16.0. The van der Waals surface area contributed by atoms with Crippen molar-refractivity contribution in [1.29, 1.82) is 0 Å². The van der Waals surface area contributed by atoms with Crippen molar-refractivity contribution < 1.29 is 27.5 Å². The fourth-order valence-corrected chi connectivity index (χ4v) is 5.91. The van der Waals surface area contributed by atoms with Gasteiger partial charge in [0.15, 0.2) is 0 Å². The van der Waals surface area contributed by atoms with Gasteiger partial charge in [-0.2, -0.15) is 13.2 Å². The normalized spacial score (nSPS) is 32.7. The Morgan fingerprint density at radius 1 is 1.07 bits per heavy atom. The second kappa shape index (κ2) is 7.54. The molecule has 1 unspecified atom stereocenters. The molecule has 4 fully saturated rings. The lowest BCUT2D eigenvalue weighted by molar-refractivity contribution is -0.175. The molecule has 2 amide bonds. The number of benzene rings is 1. The maximum atomic E-state index is 12.5. The van der Waals surface area contributed by atoms with Crippen molar-refractivity contribution in [2.24, 2.45) is 23.2 Å². The molecule has 1 aromatic carbocycles. The Balaban J connectivity index is 1.33. The Labute approximate surface area is 167 Å². The molecule has 0 radical (unpaired) electrons. The molecular weight excluding hydrogens is 385 g/mol. The van der Waals surface area contributed by atoms with E-state index >= 15 is 0 Å². The Kier molecular flexibility index (Phi) is 5.21. The molecule has 1 aromatic rings. The number of alkyl halides is 3. The summed E-state index contributed by atoms with van der Waals surface area (Å²) in [7, 11) is 0. The topological polar surface area (TPSA) is 67.4 Å². The lowest BCUT2D eigenvalue weighted by atomic mass is 9.48. The predicted octanol–water partition coefficient (Wildman–Crippen LogP) is 3.79. The summed E-state index contributed by atoms with van der Waals surface area (Å²) in [5.41, 5.74) is 0.621. The highest BCUT2D eigenvalue weighted by Gasteiger charge is 2.56. The molecule has 5 rings (SSSR count). The monoisotopic (exact) mass is 410 g/mol. The van der Waals surface area contributed by atoms with E-state index in [2.05, 4.69) is 10.6 Å². The molecule has 0 aliphatic heterocycles. The average Bonchev–Trinajstić information content (AvgIpc) is 2.67. The Morgan fingerprint density at radius 3 is 2.34 bits per heavy atom. The highest BCUT2D eigenvalue weighted by molar-refractivity contribution is 5.81. The van der Waals surface area contributed by atoms with E-state index < -0.39 is 18.2 Å². The van der Waals surface area contributed by atoms with Gasteiger partial charge >= 0.3 is 18.2 Å². The van der Waals surface area contributed by atoms with Crippen molar-refractivity contribution in [2.45, 2.75) is 50.9 Å². The third kappa shape index (κ3) is 4.36. The van der Waals surface area contributed by atoms with Crippen LogP contribution in [0.3, 0.4) is 0 Å². The van der Waals surface area contributed by atoms with Crippen LogP contribution in [-0.4, -0.2) is 30.8 Å². The quantitative estimate of drug-likeness (QED) is 0.776. The molecule has 4 bridgehead atoms. The van der Waals surface area contributed by atoms with Crippen molar-refractivity contribution >= 4 is 12.0 Å². The van der Waals surface area contributed by atoms with Gasteiger partial charge < -0.3 is 15.4 Å². The molecular formula is C21H25F3N2O3. The van der Waals surface area contributed by atoms with Crippen molar-refractivity contribution in [3.8, 4) is 0 Å². The van der Waals surface area contributed by atoms with E-state index in [1.165, 1.54) is 0 Å². The van der Waals surface area contributed by atoms with Gasteiger partial charge in [-0.05, 0) is 60.8 Å². The first-order chi connectivity index (χ1) is 13.7. The van der Waals surface area contributed by atoms with Gasteiger partial charge in [-0.25, -0.2) is 4.79 Å². The maximum Gasteiger partial charge on any atom is 0.471 e. The van der Waals surface area contributed by atoms with Crippen LogP contribution in [0.2, 0.25) is 0 Å². The van der Waals surface area contributed by atoms with Crippen LogP contribution < -0.4 is 10.6 Å². The van der Waals surface area contributed by atoms with Crippen LogP contribution in [0.1, 0.15) is 37.7 Å². The summed E-state index contributed by atoms with van der Waals surface area (Å²) < 4.78 is 43.0. The van der Waals surface area contributed by atoms with Gasteiger partial charge in [0, 0.05) is 12.6 Å². The maximum absolute atomic E-state index is 12.5. The van der Waals surface area contributed by atoms with Gasteiger partial charge in [0.25, 0.3) is 0 Å². The van der Waals surface area contributed by atoms with Gasteiger partial charge in [-0.15, -0.1) is 0 Å². The SMILES string of the molecule is O=C(N[C@H]1[C@@H]2CC3C[C@H]1C[C@@](CNC(=O)C(F)(F)F)(C3)C2)OCc1ccccc1. The molecule has 0 aromatic heterocycles. The molecule has 8 heteroatoms. The molecule has 29 heavy (non-hydrogen) atoms. The van der Waals surface area contributed by atoms with Crippen LogP contribution in [0, 0.1) is 23.2 Å². The molecule has 5 nitrogen and oxygen atoms in total. The van der Waals surface area contributed by atoms with Crippen molar-refractivity contribution in [3.05, 3.63) is 35.9 Å². The minimum Gasteiger partial charge on any atom is -0.445 e. The zero-order valence-corrected chi connectivity index (χ0v) is 16.0. The minimum atomic E-state index is -4.85. The zero-order chi connectivity index (χ0) is 20.6. The Bertz CT molecular complexity index is 752. The van der Waals surface area contributed by atoms with E-state index in [9.17, 15) is 22.8 Å². The lowest BCUT2D eigenvalue weighted by Crippen LogP contribution is -2.61. The smallest absolute Gasteiger partial charge is 0.445 e. The second-order valence-corrected chi connectivity index (χ2v) is 8.88. The highest BCUT2D eigenvalue weighted by Crippen LogP contribution is 2.59. The number of carbonyl (C=O) groups excluding carboxylic acids is 2. The fraction of sp³-hybridized carbons (Fsp3) is 0.619. The number of halogens is 3. The van der Waals surface area contributed by atoms with Gasteiger partial charge in [-0.1, -0.05) is 30.3 Å². The van der Waals surface area contributed by atoms with Crippen LogP contribution in [0.4, 0.5) is 18.0 Å². The highest BCUT2D eigenvalue weighted by atomic mass is 19.4. The Morgan fingerprint density at radius 2 is 1.72 bits per heavy atom. The molecule has 4 aliphatic rings. The molecule has 0 heterocycles. The first-order valence-corrected chi connectivity index (χ1v) is 10.1. The summed E-state index contributed by atoms with van der Waals surface area (Å²) in [6.07, 6.45) is -1.07. The minimum absolute atomic E-state index is 0.0127. The van der Waals surface area contributed by atoms with Crippen LogP contribution in [0.25, 0.3) is 0 Å². The third-order valence-corrected chi connectivity index (χ3v) is 6.78. The van der Waals surface area contributed by atoms with Crippen molar-refractivity contribution in [3.63, 3.8) is 0 Å². The standard InChI is InChI=1S/C21H25F3N2O3/c22-21(23,24)18(27)25-12-20-8-14-6-15(9-20)17(16(7-14)10-20)26-19(28)29-11-13-4-2-1-3-5-13/h1-5,14-17H,6-12H2,(H,25,27)(H,26,28)/t14?,15-,16+,17+,20-. The molecule has 4 aliphatic carbocycles. The molecule has 0 spiro atoms. The molecule has 158 valence electrons. The van der Waals surface area contributed by atoms with Gasteiger partial charge in [-0.3, -0.25) is 4.79 Å². The summed E-state index contributed by atoms with van der Waals surface area (Å²) in [5.74, 6) is -0.984. The van der Waals surface area contributed by atoms with Crippen LogP contribution in [0.5, 0.6) is 0 Å². The number of ether oxygens (including phenoxy) is 1. The number of amides is 2. The summed E-state index contributed by atoms with van der Waals surface area (Å²) in [4.78, 5) is 23.5. The number of nitrogens with one attached hydrogen (secondary N) is 2. The summed E-state index contributed by atoms with van der Waals surface area (Å²) >= 11 is 0. The second-order valence-electron chi connectivity index (χ2n) is 8.88. The number of rotatable bonds is 5. The van der Waals surface area contributed by atoms with E-state index in [0.29, 0.717) is 5.92 Å². The van der Waals surface area contributed by atoms with Gasteiger partial charge in [0.05, 0.1) is 0 Å².